The predicted octanol–water partition coefficient (Wildman–Crippen LogP) is 1.20. The van der Waals surface area contributed by atoms with Crippen LogP contribution in [0.2, 0.25) is 0 Å². The number of aromatic nitrogens is 2. The first-order valence-corrected chi connectivity index (χ1v) is 6.27. The molecule has 17 heavy (non-hydrogen) atoms. The van der Waals surface area contributed by atoms with E-state index < -0.39 is 0 Å². The Morgan fingerprint density at radius 3 is 2.94 bits per heavy atom. The second-order valence-corrected chi connectivity index (χ2v) is 4.58. The number of carbonyl (C=O) groups is 1. The van der Waals surface area contributed by atoms with Crippen LogP contribution in [0.1, 0.15) is 31.4 Å². The summed E-state index contributed by atoms with van der Waals surface area (Å²) in [6.07, 6.45) is 7.30. The van der Waals surface area contributed by atoms with Crippen molar-refractivity contribution >= 4 is 6.03 Å². The lowest BCUT2D eigenvalue weighted by Crippen LogP contribution is -2.41. The molecule has 0 radical (unpaired) electrons. The zero-order valence-corrected chi connectivity index (χ0v) is 10.3. The lowest BCUT2D eigenvalue weighted by molar-refractivity contribution is 0.237. The Labute approximate surface area is 102 Å². The first-order chi connectivity index (χ1) is 8.25. The van der Waals surface area contributed by atoms with Gasteiger partial charge in [-0.25, -0.2) is 4.79 Å². The van der Waals surface area contributed by atoms with Crippen LogP contribution in [0.5, 0.6) is 0 Å². The van der Waals surface area contributed by atoms with Crippen LogP contribution in [0.4, 0.5) is 4.79 Å². The van der Waals surface area contributed by atoms with E-state index in [1.54, 1.807) is 6.20 Å². The van der Waals surface area contributed by atoms with E-state index in [1.807, 2.05) is 17.8 Å². The van der Waals surface area contributed by atoms with Gasteiger partial charge in [-0.15, -0.1) is 0 Å². The number of nitrogens with one attached hydrogen (secondary N) is 2. The van der Waals surface area contributed by atoms with Gasteiger partial charge in [0, 0.05) is 37.9 Å². The van der Waals surface area contributed by atoms with Crippen LogP contribution in [0.3, 0.4) is 0 Å². The van der Waals surface area contributed by atoms with Crippen molar-refractivity contribution in [2.24, 2.45) is 7.05 Å². The molecular weight excluding hydrogens is 216 g/mol. The third-order valence-electron chi connectivity index (χ3n) is 3.28. The van der Waals surface area contributed by atoms with E-state index in [0.717, 1.165) is 25.0 Å². The van der Waals surface area contributed by atoms with Crippen LogP contribution in [0.25, 0.3) is 0 Å². The lowest BCUT2D eigenvalue weighted by atomic mass is 10.2. The number of amides is 2. The van der Waals surface area contributed by atoms with Crippen LogP contribution in [0.15, 0.2) is 12.3 Å². The van der Waals surface area contributed by atoms with Crippen molar-refractivity contribution in [3.8, 4) is 0 Å². The van der Waals surface area contributed by atoms with E-state index in [9.17, 15) is 4.79 Å². The Bertz CT molecular complexity index is 368. The molecule has 0 spiro atoms. The molecule has 0 unspecified atom stereocenters. The quantitative estimate of drug-likeness (QED) is 0.825. The van der Waals surface area contributed by atoms with Gasteiger partial charge in [0.2, 0.25) is 0 Å². The van der Waals surface area contributed by atoms with Crippen molar-refractivity contribution in [1.82, 2.24) is 20.4 Å². The number of nitrogens with zero attached hydrogens (tertiary/aromatic N) is 2. The Balaban J connectivity index is 1.64. The predicted molar refractivity (Wildman–Crippen MR) is 65.7 cm³/mol. The highest BCUT2D eigenvalue weighted by atomic mass is 16.2. The molecule has 1 aliphatic carbocycles. The molecule has 1 aliphatic rings. The van der Waals surface area contributed by atoms with Gasteiger partial charge in [0.25, 0.3) is 0 Å². The number of urea groups is 1. The molecule has 94 valence electrons. The molecule has 0 saturated heterocycles. The first-order valence-electron chi connectivity index (χ1n) is 6.27. The molecule has 5 heteroatoms. The molecular formula is C12H20N4O. The molecule has 1 aromatic rings. The summed E-state index contributed by atoms with van der Waals surface area (Å²) >= 11 is 0. The molecule has 2 N–H and O–H groups in total. The van der Waals surface area contributed by atoms with Gasteiger partial charge in [0.1, 0.15) is 0 Å². The summed E-state index contributed by atoms with van der Waals surface area (Å²) in [5, 5.41) is 9.97. The summed E-state index contributed by atoms with van der Waals surface area (Å²) in [6.45, 7) is 0.651. The van der Waals surface area contributed by atoms with E-state index in [-0.39, 0.29) is 6.03 Å². The molecule has 2 amide bonds. The zero-order valence-electron chi connectivity index (χ0n) is 10.3. The highest BCUT2D eigenvalue weighted by Gasteiger charge is 2.16. The number of hydrogen-bond acceptors (Lipinski definition) is 2. The smallest absolute Gasteiger partial charge is 0.315 e. The molecule has 0 bridgehead atoms. The second kappa shape index (κ2) is 5.70. The zero-order chi connectivity index (χ0) is 12.1. The summed E-state index contributed by atoms with van der Waals surface area (Å²) in [5.74, 6) is 0. The van der Waals surface area contributed by atoms with E-state index in [4.69, 9.17) is 0 Å². The van der Waals surface area contributed by atoms with Crippen molar-refractivity contribution in [1.29, 1.82) is 0 Å². The van der Waals surface area contributed by atoms with E-state index >= 15 is 0 Å². The number of hydrogen-bond donors (Lipinski definition) is 2. The van der Waals surface area contributed by atoms with Crippen LogP contribution in [-0.2, 0) is 13.5 Å². The van der Waals surface area contributed by atoms with Gasteiger partial charge in [-0.05, 0) is 18.9 Å². The third kappa shape index (κ3) is 3.47. The molecule has 0 aromatic carbocycles. The Hall–Kier alpha value is -1.52. The fourth-order valence-electron chi connectivity index (χ4n) is 2.26. The van der Waals surface area contributed by atoms with Crippen molar-refractivity contribution in [2.45, 2.75) is 38.1 Å². The Kier molecular flexibility index (Phi) is 4.01. The Morgan fingerprint density at radius 2 is 2.29 bits per heavy atom. The number of carbonyl (C=O) groups excluding carboxylic acids is 1. The first kappa shape index (κ1) is 12.0. The molecule has 1 aromatic heterocycles. The van der Waals surface area contributed by atoms with Crippen molar-refractivity contribution in [2.75, 3.05) is 6.54 Å². The molecule has 1 saturated carbocycles. The maximum atomic E-state index is 11.6. The maximum Gasteiger partial charge on any atom is 0.315 e. The number of rotatable bonds is 4. The van der Waals surface area contributed by atoms with Crippen LogP contribution >= 0.6 is 0 Å². The summed E-state index contributed by atoms with van der Waals surface area (Å²) in [6, 6.07) is 2.31. The average molecular weight is 236 g/mol. The molecule has 1 fully saturated rings. The molecule has 0 aliphatic heterocycles. The van der Waals surface area contributed by atoms with Crippen LogP contribution in [0, 0.1) is 0 Å². The molecule has 5 nitrogen and oxygen atoms in total. The SMILES string of the molecule is Cn1nccc1CCNC(=O)NC1CCCC1. The molecule has 0 atom stereocenters. The van der Waals surface area contributed by atoms with Gasteiger partial charge in [0.15, 0.2) is 0 Å². The fourth-order valence-corrected chi connectivity index (χ4v) is 2.26. The third-order valence-corrected chi connectivity index (χ3v) is 3.28. The highest BCUT2D eigenvalue weighted by molar-refractivity contribution is 5.74. The fraction of sp³-hybridized carbons (Fsp3) is 0.667. The Morgan fingerprint density at radius 1 is 1.53 bits per heavy atom. The monoisotopic (exact) mass is 236 g/mol. The van der Waals surface area contributed by atoms with Crippen LogP contribution in [-0.4, -0.2) is 28.4 Å². The van der Waals surface area contributed by atoms with E-state index in [1.165, 1.54) is 12.8 Å². The normalized spacial score (nSPS) is 16.1. The van der Waals surface area contributed by atoms with Crippen molar-refractivity contribution in [3.63, 3.8) is 0 Å². The topological polar surface area (TPSA) is 59.0 Å². The molecule has 1 heterocycles. The van der Waals surface area contributed by atoms with E-state index in [0.29, 0.717) is 12.6 Å². The second-order valence-electron chi connectivity index (χ2n) is 4.58. The van der Waals surface area contributed by atoms with Gasteiger partial charge in [-0.3, -0.25) is 4.68 Å². The van der Waals surface area contributed by atoms with Gasteiger partial charge in [0.05, 0.1) is 0 Å². The van der Waals surface area contributed by atoms with Gasteiger partial charge in [-0.2, -0.15) is 5.10 Å². The summed E-state index contributed by atoms with van der Waals surface area (Å²) in [5.41, 5.74) is 1.13. The standard InChI is InChI=1S/C12H20N4O/c1-16-11(7-9-14-16)6-8-13-12(17)15-10-4-2-3-5-10/h7,9-10H,2-6,8H2,1H3,(H2,13,15,17). The van der Waals surface area contributed by atoms with E-state index in [2.05, 4.69) is 15.7 Å². The maximum absolute atomic E-state index is 11.6. The van der Waals surface area contributed by atoms with Crippen LogP contribution < -0.4 is 10.6 Å². The minimum Gasteiger partial charge on any atom is -0.338 e. The highest BCUT2D eigenvalue weighted by Crippen LogP contribution is 2.17. The average Bonchev–Trinajstić information content (AvgIpc) is 2.91. The van der Waals surface area contributed by atoms with Crippen molar-refractivity contribution in [3.05, 3.63) is 18.0 Å². The number of aryl methyl sites for hydroxylation is 1. The van der Waals surface area contributed by atoms with Gasteiger partial charge < -0.3 is 10.6 Å². The molecule has 2 rings (SSSR count). The minimum atomic E-state index is -0.0425. The summed E-state index contributed by atoms with van der Waals surface area (Å²) in [4.78, 5) is 11.6. The largest absolute Gasteiger partial charge is 0.338 e. The summed E-state index contributed by atoms with van der Waals surface area (Å²) in [7, 11) is 1.91. The minimum absolute atomic E-state index is 0.0425. The van der Waals surface area contributed by atoms with Crippen molar-refractivity contribution < 1.29 is 4.79 Å². The lowest BCUT2D eigenvalue weighted by Gasteiger charge is -2.12. The summed E-state index contributed by atoms with van der Waals surface area (Å²) < 4.78 is 1.83. The van der Waals surface area contributed by atoms with Gasteiger partial charge in [-0.1, -0.05) is 12.8 Å². The van der Waals surface area contributed by atoms with Gasteiger partial charge >= 0.3 is 6.03 Å².